The van der Waals surface area contributed by atoms with Crippen molar-refractivity contribution in [1.29, 1.82) is 0 Å². The number of fused-ring (bicyclic) bond motifs is 3. The zero-order valence-electron chi connectivity index (χ0n) is 24.2. The van der Waals surface area contributed by atoms with Crippen LogP contribution in [0.15, 0.2) is 110 Å². The molecule has 0 saturated heterocycles. The van der Waals surface area contributed by atoms with Crippen molar-refractivity contribution in [3.05, 3.63) is 171 Å². The van der Waals surface area contributed by atoms with Gasteiger partial charge < -0.3 is 0 Å². The van der Waals surface area contributed by atoms with E-state index in [0.717, 1.165) is 22.0 Å². The van der Waals surface area contributed by atoms with Crippen molar-refractivity contribution < 1.29 is 22.3 Å². The van der Waals surface area contributed by atoms with Crippen LogP contribution in [0.5, 0.6) is 0 Å². The van der Waals surface area contributed by atoms with Gasteiger partial charge in [0.1, 0.15) is 0 Å². The van der Waals surface area contributed by atoms with Crippen molar-refractivity contribution in [2.45, 2.75) is 20.3 Å². The first-order valence-electron chi connectivity index (χ1n) is 13.4. The Bertz CT molecular complexity index is 1580. The first-order valence-corrected chi connectivity index (χ1v) is 17.0. The summed E-state index contributed by atoms with van der Waals surface area (Å²) in [6.45, 7) is 11.8. The van der Waals surface area contributed by atoms with E-state index in [0.29, 0.717) is 0 Å². The summed E-state index contributed by atoms with van der Waals surface area (Å²) >= 11 is 11.0. The minimum absolute atomic E-state index is 0. The molecule has 0 radical (unpaired) electrons. The van der Waals surface area contributed by atoms with Gasteiger partial charge in [0, 0.05) is 0 Å². The Balaban J connectivity index is 0.000000237. The van der Waals surface area contributed by atoms with E-state index in [1.807, 2.05) is 42.5 Å². The molecule has 0 spiro atoms. The maximum absolute atomic E-state index is 5.84. The molecular formula is C38H34Cl4Zr-2. The predicted octanol–water partition coefficient (Wildman–Crippen LogP) is 11.3. The van der Waals surface area contributed by atoms with Gasteiger partial charge in [0.15, 0.2) is 0 Å². The topological polar surface area (TPSA) is 0 Å². The molecule has 0 atom stereocenters. The van der Waals surface area contributed by atoms with Crippen molar-refractivity contribution in [1.82, 2.24) is 0 Å². The van der Waals surface area contributed by atoms with E-state index < -0.39 is 22.3 Å². The zero-order chi connectivity index (χ0) is 29.2. The quantitative estimate of drug-likeness (QED) is 0.159. The van der Waals surface area contributed by atoms with Gasteiger partial charge in [-0.1, -0.05) is 55.8 Å². The molecule has 43 heavy (non-hydrogen) atoms. The molecule has 0 aliphatic heterocycles. The summed E-state index contributed by atoms with van der Waals surface area (Å²) in [6.07, 6.45) is 4.74. The number of hydrogen-bond acceptors (Lipinski definition) is 0. The van der Waals surface area contributed by atoms with Crippen molar-refractivity contribution >= 4 is 67.6 Å². The van der Waals surface area contributed by atoms with Crippen LogP contribution < -0.4 is 0 Å². The number of halogens is 4. The van der Waals surface area contributed by atoms with E-state index in [2.05, 4.69) is 107 Å². The average molecular weight is 724 g/mol. The SMILES string of the molecule is C=Cc1c[c-]c2c(c1)-c1cc(C=C)ccc1C2.Cc1c[cH-]c(C)c1.Cl.Cl.Clc1ccc([CH]=[Zr]=[CH]c2ccc(Cl)cc2)cc1. The van der Waals surface area contributed by atoms with Gasteiger partial charge in [-0.05, 0) is 12.0 Å². The molecule has 220 valence electrons. The number of hydrogen-bond donors (Lipinski definition) is 0. The van der Waals surface area contributed by atoms with Crippen LogP contribution in [-0.2, 0) is 28.7 Å². The van der Waals surface area contributed by atoms with Crippen molar-refractivity contribution in [2.24, 2.45) is 0 Å². The molecule has 1 aliphatic rings. The molecule has 5 aromatic carbocycles. The van der Waals surface area contributed by atoms with E-state index in [-0.39, 0.29) is 24.8 Å². The molecule has 1 aliphatic carbocycles. The standard InChI is InChI=1S/C17H13.2C7H5Cl.C7H9.2ClH.Zr/c1-3-12-5-7-14-11-15-8-6-13(4-2)10-17(15)16(14)9-12;2*1-6-2-4-7(8)5-3-6;1-6-3-4-7(2)5-6;;;/h3-7,9-10H,1-2,11H2;2*1-5H;3-5H,1-2H3;2*1H;/q-1;;;-1;;;. The third-order valence-electron chi connectivity index (χ3n) is 6.62. The molecule has 0 amide bonds. The van der Waals surface area contributed by atoms with Crippen LogP contribution in [0.2, 0.25) is 10.0 Å². The van der Waals surface area contributed by atoms with Gasteiger partial charge >= 0.3 is 123 Å². The van der Waals surface area contributed by atoms with E-state index in [9.17, 15) is 0 Å². The number of benzene rings is 4. The fourth-order valence-electron chi connectivity index (χ4n) is 4.43. The van der Waals surface area contributed by atoms with Gasteiger partial charge in [-0.3, -0.25) is 0 Å². The molecule has 0 bridgehead atoms. The Morgan fingerprint density at radius 3 is 1.72 bits per heavy atom. The third-order valence-corrected chi connectivity index (χ3v) is 9.58. The van der Waals surface area contributed by atoms with Crippen molar-refractivity contribution in [2.75, 3.05) is 0 Å². The van der Waals surface area contributed by atoms with Gasteiger partial charge in [-0.15, -0.1) is 48.6 Å². The molecule has 5 heteroatoms. The second-order valence-electron chi connectivity index (χ2n) is 9.85. The fourth-order valence-corrected chi connectivity index (χ4v) is 6.78. The Morgan fingerprint density at radius 2 is 1.26 bits per heavy atom. The van der Waals surface area contributed by atoms with Crippen LogP contribution >= 0.6 is 48.0 Å². The third kappa shape index (κ3) is 11.2. The van der Waals surface area contributed by atoms with Crippen LogP contribution in [0.4, 0.5) is 0 Å². The molecule has 0 aromatic heterocycles. The molecule has 0 fully saturated rings. The number of aryl methyl sites for hydroxylation is 2. The molecule has 0 saturated carbocycles. The summed E-state index contributed by atoms with van der Waals surface area (Å²) in [5.74, 6) is 0. The molecule has 0 nitrogen and oxygen atoms in total. The first-order chi connectivity index (χ1) is 19.8. The van der Waals surface area contributed by atoms with Gasteiger partial charge in [0.05, 0.1) is 0 Å². The van der Waals surface area contributed by atoms with E-state index in [4.69, 9.17) is 23.2 Å². The van der Waals surface area contributed by atoms with E-state index in [1.54, 1.807) is 0 Å². The molecule has 0 N–H and O–H groups in total. The summed E-state index contributed by atoms with van der Waals surface area (Å²) in [6, 6.07) is 36.4. The van der Waals surface area contributed by atoms with E-state index in [1.165, 1.54) is 50.1 Å². The molecule has 5 aromatic rings. The Labute approximate surface area is 289 Å². The monoisotopic (exact) mass is 720 g/mol. The second-order valence-corrected chi connectivity index (χ2v) is 13.0. The Kier molecular flexibility index (Phi) is 15.6. The second kappa shape index (κ2) is 18.3. The summed E-state index contributed by atoms with van der Waals surface area (Å²) in [4.78, 5) is 0. The Hall–Kier alpha value is -2.51. The van der Waals surface area contributed by atoms with Gasteiger partial charge in [-0.25, -0.2) is 11.6 Å². The molecule has 6 rings (SSSR count). The molecule has 0 heterocycles. The predicted molar refractivity (Wildman–Crippen MR) is 193 cm³/mol. The Morgan fingerprint density at radius 1 is 0.721 bits per heavy atom. The van der Waals surface area contributed by atoms with Gasteiger partial charge in [-0.2, -0.15) is 41.5 Å². The summed E-state index contributed by atoms with van der Waals surface area (Å²) in [5.41, 5.74) is 12.8. The van der Waals surface area contributed by atoms with Crippen molar-refractivity contribution in [3.63, 3.8) is 0 Å². The molecule has 0 unspecified atom stereocenters. The number of rotatable bonds is 4. The van der Waals surface area contributed by atoms with Crippen molar-refractivity contribution in [3.8, 4) is 11.1 Å². The normalized spacial score (nSPS) is 9.95. The average Bonchev–Trinajstić information content (AvgIpc) is 3.56. The van der Waals surface area contributed by atoms with Crippen LogP contribution in [-0.4, -0.2) is 7.42 Å². The molecular weight excluding hydrogens is 689 g/mol. The first kappa shape index (κ1) is 36.7. The van der Waals surface area contributed by atoms with Crippen LogP contribution in [0.3, 0.4) is 0 Å². The van der Waals surface area contributed by atoms with Crippen LogP contribution in [0.1, 0.15) is 44.5 Å². The summed E-state index contributed by atoms with van der Waals surface area (Å²) in [5, 5.41) is 1.57. The fraction of sp³-hybridized carbons (Fsp3) is 0.0789. The van der Waals surface area contributed by atoms with Crippen LogP contribution in [0.25, 0.3) is 23.3 Å². The van der Waals surface area contributed by atoms with E-state index >= 15 is 0 Å². The minimum atomic E-state index is -0.623. The van der Waals surface area contributed by atoms with Gasteiger partial charge in [0.2, 0.25) is 0 Å². The zero-order valence-corrected chi connectivity index (χ0v) is 29.8. The van der Waals surface area contributed by atoms with Gasteiger partial charge in [0.25, 0.3) is 0 Å². The van der Waals surface area contributed by atoms with Crippen LogP contribution in [0, 0.1) is 19.9 Å². The summed E-state index contributed by atoms with van der Waals surface area (Å²) < 4.78 is 4.66. The maximum atomic E-state index is 5.84. The summed E-state index contributed by atoms with van der Waals surface area (Å²) in [7, 11) is 0.